The van der Waals surface area contributed by atoms with Crippen LogP contribution in [0.1, 0.15) is 44.1 Å². The Hall–Kier alpha value is -1.55. The van der Waals surface area contributed by atoms with Crippen molar-refractivity contribution in [3.8, 4) is 5.75 Å². The van der Waals surface area contributed by atoms with Crippen molar-refractivity contribution in [1.82, 2.24) is 9.80 Å². The summed E-state index contributed by atoms with van der Waals surface area (Å²) in [6, 6.07) is 8.79. The van der Waals surface area contributed by atoms with E-state index in [0.29, 0.717) is 18.5 Å². The Kier molecular flexibility index (Phi) is 5.55. The van der Waals surface area contributed by atoms with Crippen LogP contribution < -0.4 is 4.74 Å². The maximum Gasteiger partial charge on any atom is 0.236 e. The molecule has 1 heterocycles. The molecule has 0 N–H and O–H groups in total. The van der Waals surface area contributed by atoms with Crippen LogP contribution >= 0.6 is 0 Å². The molecule has 1 aliphatic carbocycles. The summed E-state index contributed by atoms with van der Waals surface area (Å²) in [6.07, 6.45) is 7.30. The van der Waals surface area contributed by atoms with Crippen LogP contribution in [0, 0.1) is 0 Å². The lowest BCUT2D eigenvalue weighted by atomic mass is 10.2. The highest BCUT2D eigenvalue weighted by atomic mass is 16.5. The van der Waals surface area contributed by atoms with Crippen molar-refractivity contribution < 1.29 is 9.53 Å². The van der Waals surface area contributed by atoms with E-state index in [0.717, 1.165) is 38.2 Å². The number of carbonyl (C=O) groups excluding carboxylic acids is 1. The van der Waals surface area contributed by atoms with Gasteiger partial charge in [-0.2, -0.15) is 0 Å². The zero-order valence-corrected chi connectivity index (χ0v) is 14.2. The van der Waals surface area contributed by atoms with Crippen LogP contribution in [0.5, 0.6) is 5.75 Å². The van der Waals surface area contributed by atoms with Crippen molar-refractivity contribution >= 4 is 5.91 Å². The Morgan fingerprint density at radius 3 is 2.35 bits per heavy atom. The number of amides is 1. The van der Waals surface area contributed by atoms with E-state index in [1.807, 2.05) is 12.1 Å². The second-order valence-electron chi connectivity index (χ2n) is 6.78. The molecule has 4 nitrogen and oxygen atoms in total. The van der Waals surface area contributed by atoms with Gasteiger partial charge in [0.2, 0.25) is 5.91 Å². The fraction of sp³-hybridized carbons (Fsp3) is 0.632. The third-order valence-electron chi connectivity index (χ3n) is 4.91. The molecule has 0 aromatic heterocycles. The maximum atomic E-state index is 12.6. The van der Waals surface area contributed by atoms with Crippen LogP contribution in [-0.2, 0) is 11.3 Å². The van der Waals surface area contributed by atoms with E-state index >= 15 is 0 Å². The fourth-order valence-electron chi connectivity index (χ4n) is 3.31. The van der Waals surface area contributed by atoms with Gasteiger partial charge in [-0.05, 0) is 43.4 Å². The Morgan fingerprint density at radius 1 is 1.13 bits per heavy atom. The molecule has 1 aromatic carbocycles. The monoisotopic (exact) mass is 316 g/mol. The fourth-order valence-corrected chi connectivity index (χ4v) is 3.31. The van der Waals surface area contributed by atoms with Gasteiger partial charge in [-0.15, -0.1) is 0 Å². The van der Waals surface area contributed by atoms with Crippen molar-refractivity contribution in [2.24, 2.45) is 0 Å². The van der Waals surface area contributed by atoms with Crippen LogP contribution in [-0.4, -0.2) is 48.5 Å². The Balaban J connectivity index is 1.58. The van der Waals surface area contributed by atoms with E-state index < -0.39 is 0 Å². The molecule has 3 rings (SSSR count). The summed E-state index contributed by atoms with van der Waals surface area (Å²) in [5.74, 6) is 1.19. The van der Waals surface area contributed by atoms with Gasteiger partial charge in [-0.1, -0.05) is 25.0 Å². The topological polar surface area (TPSA) is 32.8 Å². The third-order valence-corrected chi connectivity index (χ3v) is 4.91. The van der Waals surface area contributed by atoms with Gasteiger partial charge in [0.15, 0.2) is 0 Å². The lowest BCUT2D eigenvalue weighted by Gasteiger charge is -2.26. The molecule has 4 heteroatoms. The summed E-state index contributed by atoms with van der Waals surface area (Å²) in [5.41, 5.74) is 1.25. The van der Waals surface area contributed by atoms with Gasteiger partial charge >= 0.3 is 0 Å². The number of carbonyl (C=O) groups is 1. The minimum atomic E-state index is 0.312. The molecule has 1 saturated carbocycles. The number of nitrogens with zero attached hydrogens (tertiary/aromatic N) is 2. The first-order chi connectivity index (χ1) is 11.3. The van der Waals surface area contributed by atoms with E-state index in [2.05, 4.69) is 21.9 Å². The van der Waals surface area contributed by atoms with Crippen molar-refractivity contribution in [3.05, 3.63) is 29.8 Å². The first kappa shape index (κ1) is 16.3. The molecule has 0 atom stereocenters. The second kappa shape index (κ2) is 7.82. The highest BCUT2D eigenvalue weighted by Crippen LogP contribution is 2.28. The molecular weight excluding hydrogens is 288 g/mol. The van der Waals surface area contributed by atoms with Gasteiger partial charge in [-0.3, -0.25) is 9.69 Å². The largest absolute Gasteiger partial charge is 0.497 e. The third kappa shape index (κ3) is 4.71. The number of rotatable bonds is 6. The number of ether oxygens (including phenoxy) is 1. The van der Waals surface area contributed by atoms with E-state index in [-0.39, 0.29) is 0 Å². The van der Waals surface area contributed by atoms with Gasteiger partial charge in [0.25, 0.3) is 0 Å². The molecule has 0 bridgehead atoms. The molecule has 0 radical (unpaired) electrons. The number of likely N-dealkylation sites (tertiary alicyclic amines) is 1. The average Bonchev–Trinajstić information content (AvgIpc) is 3.41. The highest BCUT2D eigenvalue weighted by molar-refractivity contribution is 5.78. The molecule has 0 unspecified atom stereocenters. The van der Waals surface area contributed by atoms with E-state index in [1.165, 1.54) is 31.2 Å². The minimum absolute atomic E-state index is 0.312. The smallest absolute Gasteiger partial charge is 0.236 e. The zero-order valence-electron chi connectivity index (χ0n) is 14.2. The standard InChI is InChI=1S/C19H28N2O2/c1-23-18-10-6-16(7-11-18)14-21(17-8-9-17)15-19(22)20-12-4-2-3-5-13-20/h6-7,10-11,17H,2-5,8-9,12-15H2,1H3. The predicted octanol–water partition coefficient (Wildman–Crippen LogP) is 3.06. The summed E-state index contributed by atoms with van der Waals surface area (Å²) in [7, 11) is 1.69. The van der Waals surface area contributed by atoms with Gasteiger partial charge in [-0.25, -0.2) is 0 Å². The maximum absolute atomic E-state index is 12.6. The highest BCUT2D eigenvalue weighted by Gasteiger charge is 2.31. The lowest BCUT2D eigenvalue weighted by Crippen LogP contribution is -2.41. The summed E-state index contributed by atoms with van der Waals surface area (Å²) < 4.78 is 5.22. The SMILES string of the molecule is COc1ccc(CN(CC(=O)N2CCCCCC2)C2CC2)cc1. The summed E-state index contributed by atoms with van der Waals surface area (Å²) in [4.78, 5) is 17.1. The quantitative estimate of drug-likeness (QED) is 0.808. The molecule has 2 fully saturated rings. The Morgan fingerprint density at radius 2 is 1.78 bits per heavy atom. The molecule has 1 saturated heterocycles. The van der Waals surface area contributed by atoms with Gasteiger partial charge < -0.3 is 9.64 Å². The first-order valence-electron chi connectivity index (χ1n) is 8.91. The lowest BCUT2D eigenvalue weighted by molar-refractivity contribution is -0.132. The van der Waals surface area contributed by atoms with Crippen molar-refractivity contribution in [3.63, 3.8) is 0 Å². The van der Waals surface area contributed by atoms with Gasteiger partial charge in [0, 0.05) is 25.7 Å². The van der Waals surface area contributed by atoms with Crippen molar-refractivity contribution in [1.29, 1.82) is 0 Å². The molecule has 2 aliphatic rings. The van der Waals surface area contributed by atoms with Crippen molar-refractivity contribution in [2.75, 3.05) is 26.7 Å². The average molecular weight is 316 g/mol. The van der Waals surface area contributed by atoms with Crippen LogP contribution in [0.15, 0.2) is 24.3 Å². The molecular formula is C19H28N2O2. The Bertz CT molecular complexity index is 503. The second-order valence-corrected chi connectivity index (χ2v) is 6.78. The van der Waals surface area contributed by atoms with E-state index in [4.69, 9.17) is 4.74 Å². The first-order valence-corrected chi connectivity index (χ1v) is 8.91. The molecule has 1 aliphatic heterocycles. The van der Waals surface area contributed by atoms with E-state index in [1.54, 1.807) is 7.11 Å². The van der Waals surface area contributed by atoms with Crippen molar-refractivity contribution in [2.45, 2.75) is 51.1 Å². The molecule has 0 spiro atoms. The van der Waals surface area contributed by atoms with E-state index in [9.17, 15) is 4.79 Å². The summed E-state index contributed by atoms with van der Waals surface area (Å²) in [6.45, 7) is 3.31. The molecule has 126 valence electrons. The Labute approximate surface area is 139 Å². The number of methoxy groups -OCH3 is 1. The zero-order chi connectivity index (χ0) is 16.1. The molecule has 1 aromatic rings. The van der Waals surface area contributed by atoms with Gasteiger partial charge in [0.1, 0.15) is 5.75 Å². The number of benzene rings is 1. The predicted molar refractivity (Wildman–Crippen MR) is 91.5 cm³/mol. The molecule has 1 amide bonds. The summed E-state index contributed by atoms with van der Waals surface area (Å²) in [5, 5.41) is 0. The molecule has 23 heavy (non-hydrogen) atoms. The van der Waals surface area contributed by atoms with Gasteiger partial charge in [0.05, 0.1) is 13.7 Å². The summed E-state index contributed by atoms with van der Waals surface area (Å²) >= 11 is 0. The van der Waals surface area contributed by atoms with Crippen LogP contribution in [0.3, 0.4) is 0 Å². The number of hydrogen-bond donors (Lipinski definition) is 0. The van der Waals surface area contributed by atoms with Crippen LogP contribution in [0.2, 0.25) is 0 Å². The number of hydrogen-bond acceptors (Lipinski definition) is 3. The normalized spacial score (nSPS) is 18.8. The van der Waals surface area contributed by atoms with Crippen LogP contribution in [0.4, 0.5) is 0 Å². The van der Waals surface area contributed by atoms with Crippen LogP contribution in [0.25, 0.3) is 0 Å². The minimum Gasteiger partial charge on any atom is -0.497 e.